The minimum atomic E-state index is -0.544. The Balaban J connectivity index is 2.02. The number of hydrogen-bond donors (Lipinski definition) is 1. The third-order valence-electron chi connectivity index (χ3n) is 3.65. The number of rotatable bonds is 2. The summed E-state index contributed by atoms with van der Waals surface area (Å²) >= 11 is 0. The Morgan fingerprint density at radius 2 is 1.91 bits per heavy atom. The van der Waals surface area contributed by atoms with Gasteiger partial charge in [0.2, 0.25) is 5.91 Å². The van der Waals surface area contributed by atoms with Crippen molar-refractivity contribution in [2.24, 2.45) is 0 Å². The van der Waals surface area contributed by atoms with Gasteiger partial charge in [-0.05, 0) is 30.2 Å². The van der Waals surface area contributed by atoms with Gasteiger partial charge < -0.3 is 10.2 Å². The van der Waals surface area contributed by atoms with Crippen molar-refractivity contribution in [1.82, 2.24) is 0 Å². The van der Waals surface area contributed by atoms with Crippen LogP contribution in [0.3, 0.4) is 0 Å². The standard InChI is InChI=1S/C17H15FN2O2/c1-11(21)19-15-8-4-5-12-9-10-20(16(12)15)17(22)13-6-2-3-7-14(13)18/h2-8H,9-10H2,1H3,(H,19,21). The van der Waals surface area contributed by atoms with Crippen LogP contribution in [0, 0.1) is 5.82 Å². The average Bonchev–Trinajstić information content (AvgIpc) is 2.91. The summed E-state index contributed by atoms with van der Waals surface area (Å²) in [4.78, 5) is 25.5. The van der Waals surface area contributed by atoms with Gasteiger partial charge >= 0.3 is 0 Å². The molecular weight excluding hydrogens is 283 g/mol. The minimum absolute atomic E-state index is 0.0352. The first-order valence-electron chi connectivity index (χ1n) is 7.04. The number of nitrogens with one attached hydrogen (secondary N) is 1. The molecule has 0 aliphatic carbocycles. The second-order valence-corrected chi connectivity index (χ2v) is 5.18. The van der Waals surface area contributed by atoms with E-state index < -0.39 is 11.7 Å². The van der Waals surface area contributed by atoms with Crippen molar-refractivity contribution in [1.29, 1.82) is 0 Å². The van der Waals surface area contributed by atoms with E-state index in [4.69, 9.17) is 0 Å². The molecule has 0 fully saturated rings. The van der Waals surface area contributed by atoms with Gasteiger partial charge in [-0.3, -0.25) is 9.59 Å². The van der Waals surface area contributed by atoms with Crippen LogP contribution in [0.1, 0.15) is 22.8 Å². The predicted molar refractivity (Wildman–Crippen MR) is 82.5 cm³/mol. The Labute approximate surface area is 127 Å². The highest BCUT2D eigenvalue weighted by atomic mass is 19.1. The zero-order valence-electron chi connectivity index (χ0n) is 12.1. The molecule has 0 spiro atoms. The molecule has 5 heteroatoms. The average molecular weight is 298 g/mol. The number of carbonyl (C=O) groups excluding carboxylic acids is 2. The molecule has 0 saturated carbocycles. The zero-order chi connectivity index (χ0) is 15.7. The number of hydrogen-bond acceptors (Lipinski definition) is 2. The van der Waals surface area contributed by atoms with Gasteiger partial charge in [0.1, 0.15) is 5.82 Å². The van der Waals surface area contributed by atoms with Crippen LogP contribution in [-0.4, -0.2) is 18.4 Å². The fourth-order valence-corrected chi connectivity index (χ4v) is 2.73. The summed E-state index contributed by atoms with van der Waals surface area (Å²) in [6.07, 6.45) is 0.683. The molecule has 0 aromatic heterocycles. The fraction of sp³-hybridized carbons (Fsp3) is 0.176. The highest BCUT2D eigenvalue weighted by molar-refractivity contribution is 6.10. The summed E-state index contributed by atoms with van der Waals surface area (Å²) in [6, 6.07) is 11.4. The van der Waals surface area contributed by atoms with Gasteiger partial charge in [0.15, 0.2) is 0 Å². The highest BCUT2D eigenvalue weighted by Crippen LogP contribution is 2.36. The summed E-state index contributed by atoms with van der Waals surface area (Å²) in [7, 11) is 0. The van der Waals surface area contributed by atoms with Crippen LogP contribution < -0.4 is 10.2 Å². The minimum Gasteiger partial charge on any atom is -0.325 e. The number of fused-ring (bicyclic) bond motifs is 1. The number of halogens is 1. The molecular formula is C17H15FN2O2. The van der Waals surface area contributed by atoms with E-state index in [2.05, 4.69) is 5.32 Å². The van der Waals surface area contributed by atoms with E-state index in [-0.39, 0.29) is 11.5 Å². The van der Waals surface area contributed by atoms with Crippen LogP contribution in [0.5, 0.6) is 0 Å². The highest BCUT2D eigenvalue weighted by Gasteiger charge is 2.29. The smallest absolute Gasteiger partial charge is 0.261 e. The maximum Gasteiger partial charge on any atom is 0.261 e. The van der Waals surface area contributed by atoms with Crippen molar-refractivity contribution in [3.63, 3.8) is 0 Å². The Kier molecular flexibility index (Phi) is 3.63. The second kappa shape index (κ2) is 5.60. The third-order valence-corrected chi connectivity index (χ3v) is 3.65. The molecule has 1 heterocycles. The quantitative estimate of drug-likeness (QED) is 0.926. The Bertz CT molecular complexity index is 758. The molecule has 0 atom stereocenters. The van der Waals surface area contributed by atoms with Crippen molar-refractivity contribution >= 4 is 23.2 Å². The monoisotopic (exact) mass is 298 g/mol. The van der Waals surface area contributed by atoms with Crippen LogP contribution >= 0.6 is 0 Å². The maximum absolute atomic E-state index is 13.9. The van der Waals surface area contributed by atoms with Gasteiger partial charge in [-0.2, -0.15) is 0 Å². The number of para-hydroxylation sites is 1. The van der Waals surface area contributed by atoms with Crippen LogP contribution in [0.4, 0.5) is 15.8 Å². The van der Waals surface area contributed by atoms with Crippen LogP contribution in [0.2, 0.25) is 0 Å². The Morgan fingerprint density at radius 3 is 2.64 bits per heavy atom. The first kappa shape index (κ1) is 14.3. The predicted octanol–water partition coefficient (Wildman–Crippen LogP) is 2.99. The van der Waals surface area contributed by atoms with E-state index in [1.54, 1.807) is 18.2 Å². The zero-order valence-corrected chi connectivity index (χ0v) is 12.1. The molecule has 4 nitrogen and oxygen atoms in total. The van der Waals surface area contributed by atoms with Gasteiger partial charge in [0.05, 0.1) is 16.9 Å². The third kappa shape index (κ3) is 2.45. The fourth-order valence-electron chi connectivity index (χ4n) is 2.73. The van der Waals surface area contributed by atoms with E-state index in [9.17, 15) is 14.0 Å². The molecule has 1 aliphatic rings. The molecule has 2 amide bonds. The topological polar surface area (TPSA) is 49.4 Å². The van der Waals surface area contributed by atoms with Crippen molar-refractivity contribution in [3.8, 4) is 0 Å². The number of amides is 2. The van der Waals surface area contributed by atoms with Crippen molar-refractivity contribution < 1.29 is 14.0 Å². The lowest BCUT2D eigenvalue weighted by Gasteiger charge is -2.20. The van der Waals surface area contributed by atoms with E-state index in [1.165, 1.54) is 24.0 Å². The molecule has 3 rings (SSSR count). The lowest BCUT2D eigenvalue weighted by atomic mass is 10.1. The van der Waals surface area contributed by atoms with E-state index in [1.807, 2.05) is 12.1 Å². The van der Waals surface area contributed by atoms with Gasteiger partial charge in [0.25, 0.3) is 5.91 Å². The first-order valence-corrected chi connectivity index (χ1v) is 7.04. The maximum atomic E-state index is 13.9. The summed E-state index contributed by atoms with van der Waals surface area (Å²) in [5.41, 5.74) is 2.24. The molecule has 22 heavy (non-hydrogen) atoms. The molecule has 0 bridgehead atoms. The van der Waals surface area contributed by atoms with Crippen LogP contribution in [0.25, 0.3) is 0 Å². The Hall–Kier alpha value is -2.69. The SMILES string of the molecule is CC(=O)Nc1cccc2c1N(C(=O)c1ccccc1F)CC2. The van der Waals surface area contributed by atoms with Gasteiger partial charge in [-0.25, -0.2) is 4.39 Å². The number of benzene rings is 2. The molecule has 2 aromatic carbocycles. The Morgan fingerprint density at radius 1 is 1.14 bits per heavy atom. The summed E-state index contributed by atoms with van der Waals surface area (Å²) < 4.78 is 13.9. The molecule has 0 saturated heterocycles. The summed E-state index contributed by atoms with van der Waals surface area (Å²) in [5.74, 6) is -1.15. The van der Waals surface area contributed by atoms with E-state index in [0.717, 1.165) is 5.56 Å². The van der Waals surface area contributed by atoms with Crippen LogP contribution in [0.15, 0.2) is 42.5 Å². The largest absolute Gasteiger partial charge is 0.325 e. The van der Waals surface area contributed by atoms with E-state index >= 15 is 0 Å². The first-order chi connectivity index (χ1) is 10.6. The number of anilines is 2. The molecule has 2 aromatic rings. The number of carbonyl (C=O) groups is 2. The van der Waals surface area contributed by atoms with Crippen molar-refractivity contribution in [2.75, 3.05) is 16.8 Å². The molecule has 112 valence electrons. The number of nitrogens with zero attached hydrogens (tertiary/aromatic N) is 1. The second-order valence-electron chi connectivity index (χ2n) is 5.18. The molecule has 1 N–H and O–H groups in total. The van der Waals surface area contributed by atoms with Crippen molar-refractivity contribution in [3.05, 3.63) is 59.4 Å². The van der Waals surface area contributed by atoms with Gasteiger partial charge in [-0.15, -0.1) is 0 Å². The lowest BCUT2D eigenvalue weighted by molar-refractivity contribution is -0.114. The summed E-state index contributed by atoms with van der Waals surface area (Å²) in [5, 5.41) is 2.73. The molecule has 0 radical (unpaired) electrons. The van der Waals surface area contributed by atoms with Gasteiger partial charge in [-0.1, -0.05) is 24.3 Å². The normalized spacial score (nSPS) is 12.9. The van der Waals surface area contributed by atoms with Crippen LogP contribution in [-0.2, 0) is 11.2 Å². The summed E-state index contributed by atoms with van der Waals surface area (Å²) in [6.45, 7) is 1.89. The lowest BCUT2D eigenvalue weighted by Crippen LogP contribution is -2.30. The van der Waals surface area contributed by atoms with E-state index in [0.29, 0.717) is 24.3 Å². The van der Waals surface area contributed by atoms with Gasteiger partial charge in [0, 0.05) is 13.5 Å². The molecule has 0 unspecified atom stereocenters. The van der Waals surface area contributed by atoms with Crippen molar-refractivity contribution in [2.45, 2.75) is 13.3 Å². The molecule has 1 aliphatic heterocycles.